The van der Waals surface area contributed by atoms with Crippen molar-refractivity contribution >= 4 is 0 Å². The van der Waals surface area contributed by atoms with E-state index in [1.54, 1.807) is 0 Å². The van der Waals surface area contributed by atoms with E-state index >= 15 is 0 Å². The topological polar surface area (TPSA) is 40.5 Å². The van der Waals surface area contributed by atoms with Gasteiger partial charge in [-0.1, -0.05) is 95.5 Å². The molecular weight excluding hydrogens is 488 g/mol. The van der Waals surface area contributed by atoms with Crippen molar-refractivity contribution in [2.24, 2.45) is 0 Å². The van der Waals surface area contributed by atoms with Crippen LogP contribution in [0.4, 0.5) is 0 Å². The van der Waals surface area contributed by atoms with Gasteiger partial charge in [0.2, 0.25) is 0 Å². The molecule has 0 unspecified atom stereocenters. The lowest BCUT2D eigenvalue weighted by molar-refractivity contribution is 0.346. The SMILES string of the molecule is CCc1cc(CC)cc(-c2cc(O)ccc2C2(c3ccc(O)cc3-c3cc(CC)cc(CC)c3)CCCCC2)c1. The summed E-state index contributed by atoms with van der Waals surface area (Å²) in [6.07, 6.45) is 9.57. The molecule has 0 spiro atoms. The molecule has 2 heteroatoms. The first kappa shape index (κ1) is 28.0. The van der Waals surface area contributed by atoms with Crippen molar-refractivity contribution in [3.63, 3.8) is 0 Å². The van der Waals surface area contributed by atoms with E-state index in [1.807, 2.05) is 24.3 Å². The number of hydrogen-bond donors (Lipinski definition) is 2. The van der Waals surface area contributed by atoms with Gasteiger partial charge in [-0.05, 0) is 118 Å². The summed E-state index contributed by atoms with van der Waals surface area (Å²) in [4.78, 5) is 0. The van der Waals surface area contributed by atoms with E-state index < -0.39 is 0 Å². The van der Waals surface area contributed by atoms with Crippen molar-refractivity contribution in [2.45, 2.75) is 90.9 Å². The molecule has 4 aromatic carbocycles. The lowest BCUT2D eigenvalue weighted by Gasteiger charge is -2.41. The number of aryl methyl sites for hydroxylation is 4. The normalized spacial score (nSPS) is 14.8. The molecule has 0 aromatic heterocycles. The Morgan fingerprint density at radius 1 is 0.500 bits per heavy atom. The molecule has 4 aromatic rings. The fourth-order valence-corrected chi connectivity index (χ4v) is 6.87. The summed E-state index contributed by atoms with van der Waals surface area (Å²) in [5, 5.41) is 21.5. The number of phenolic OH excluding ortho intramolecular Hbond substituents is 2. The van der Waals surface area contributed by atoms with Gasteiger partial charge in [-0.3, -0.25) is 0 Å². The summed E-state index contributed by atoms with van der Waals surface area (Å²) < 4.78 is 0. The third-order valence-electron chi connectivity index (χ3n) is 9.10. The van der Waals surface area contributed by atoms with Gasteiger partial charge in [0, 0.05) is 5.41 Å². The minimum absolute atomic E-state index is 0.215. The summed E-state index contributed by atoms with van der Waals surface area (Å²) in [6.45, 7) is 8.84. The zero-order valence-corrected chi connectivity index (χ0v) is 24.7. The maximum atomic E-state index is 10.8. The Morgan fingerprint density at radius 3 is 1.23 bits per heavy atom. The van der Waals surface area contributed by atoms with Crippen molar-refractivity contribution in [3.05, 3.63) is 106 Å². The molecule has 0 amide bonds. The van der Waals surface area contributed by atoms with E-state index in [2.05, 4.69) is 76.2 Å². The van der Waals surface area contributed by atoms with Gasteiger partial charge in [0.25, 0.3) is 0 Å². The molecule has 40 heavy (non-hydrogen) atoms. The Balaban J connectivity index is 1.80. The fourth-order valence-electron chi connectivity index (χ4n) is 6.87. The first-order valence-corrected chi connectivity index (χ1v) is 15.3. The molecule has 208 valence electrons. The predicted molar refractivity (Wildman–Crippen MR) is 168 cm³/mol. The molecule has 0 bridgehead atoms. The van der Waals surface area contributed by atoms with Gasteiger partial charge in [0.15, 0.2) is 0 Å². The molecule has 2 nitrogen and oxygen atoms in total. The van der Waals surface area contributed by atoms with Crippen molar-refractivity contribution in [1.29, 1.82) is 0 Å². The van der Waals surface area contributed by atoms with Crippen LogP contribution in [0, 0.1) is 0 Å². The average molecular weight is 533 g/mol. The Morgan fingerprint density at radius 2 is 0.875 bits per heavy atom. The number of hydrogen-bond acceptors (Lipinski definition) is 2. The van der Waals surface area contributed by atoms with E-state index in [1.165, 1.54) is 50.9 Å². The Bertz CT molecular complexity index is 1340. The zero-order chi connectivity index (χ0) is 28.3. The maximum absolute atomic E-state index is 10.8. The van der Waals surface area contributed by atoms with Crippen LogP contribution in [0.15, 0.2) is 72.8 Å². The highest BCUT2D eigenvalue weighted by Crippen LogP contribution is 2.52. The van der Waals surface area contributed by atoms with Crippen LogP contribution in [0.5, 0.6) is 11.5 Å². The van der Waals surface area contributed by atoms with E-state index in [0.29, 0.717) is 11.5 Å². The molecule has 2 N–H and O–H groups in total. The molecular formula is C38H44O2. The molecule has 5 rings (SSSR count). The largest absolute Gasteiger partial charge is 0.508 e. The summed E-state index contributed by atoms with van der Waals surface area (Å²) in [7, 11) is 0. The van der Waals surface area contributed by atoms with E-state index in [0.717, 1.165) is 62.5 Å². The number of phenols is 2. The summed E-state index contributed by atoms with van der Waals surface area (Å²) >= 11 is 0. The predicted octanol–water partition coefficient (Wildman–Crippen LogP) is 9.93. The lowest BCUT2D eigenvalue weighted by Crippen LogP contribution is -2.32. The maximum Gasteiger partial charge on any atom is 0.116 e. The van der Waals surface area contributed by atoms with Crippen molar-refractivity contribution in [3.8, 4) is 33.8 Å². The number of benzene rings is 4. The Hall–Kier alpha value is -3.52. The molecule has 1 aliphatic carbocycles. The van der Waals surface area contributed by atoms with Crippen LogP contribution >= 0.6 is 0 Å². The fraction of sp³-hybridized carbons (Fsp3) is 0.368. The first-order chi connectivity index (χ1) is 19.4. The Kier molecular flexibility index (Phi) is 8.35. The minimum Gasteiger partial charge on any atom is -0.508 e. The summed E-state index contributed by atoms with van der Waals surface area (Å²) in [5.74, 6) is 0.609. The summed E-state index contributed by atoms with van der Waals surface area (Å²) in [5.41, 5.74) is 12.3. The van der Waals surface area contributed by atoms with Gasteiger partial charge in [-0.15, -0.1) is 0 Å². The van der Waals surface area contributed by atoms with Crippen molar-refractivity contribution in [1.82, 2.24) is 0 Å². The van der Waals surface area contributed by atoms with Gasteiger partial charge in [-0.25, -0.2) is 0 Å². The van der Waals surface area contributed by atoms with Crippen molar-refractivity contribution < 1.29 is 10.2 Å². The van der Waals surface area contributed by atoms with Crippen molar-refractivity contribution in [2.75, 3.05) is 0 Å². The van der Waals surface area contributed by atoms with Crippen LogP contribution in [-0.2, 0) is 31.1 Å². The molecule has 1 fully saturated rings. The van der Waals surface area contributed by atoms with Crippen LogP contribution in [0.25, 0.3) is 22.3 Å². The highest BCUT2D eigenvalue weighted by Gasteiger charge is 2.39. The molecule has 0 heterocycles. The highest BCUT2D eigenvalue weighted by atomic mass is 16.3. The second-order valence-corrected chi connectivity index (χ2v) is 11.6. The molecule has 1 aliphatic rings. The number of aromatic hydroxyl groups is 2. The lowest BCUT2D eigenvalue weighted by atomic mass is 9.62. The molecule has 0 radical (unpaired) electrons. The van der Waals surface area contributed by atoms with Gasteiger partial charge in [0.05, 0.1) is 0 Å². The third kappa shape index (κ3) is 5.42. The molecule has 0 atom stereocenters. The molecule has 1 saturated carbocycles. The second kappa shape index (κ2) is 11.9. The third-order valence-corrected chi connectivity index (χ3v) is 9.10. The monoisotopic (exact) mass is 532 g/mol. The van der Waals surface area contributed by atoms with E-state index in [-0.39, 0.29) is 5.41 Å². The Labute approximate surface area is 240 Å². The van der Waals surface area contributed by atoms with Crippen LogP contribution < -0.4 is 0 Å². The highest BCUT2D eigenvalue weighted by molar-refractivity contribution is 5.77. The van der Waals surface area contributed by atoms with E-state index in [4.69, 9.17) is 0 Å². The van der Waals surface area contributed by atoms with Gasteiger partial charge >= 0.3 is 0 Å². The van der Waals surface area contributed by atoms with Crippen LogP contribution in [0.2, 0.25) is 0 Å². The zero-order valence-electron chi connectivity index (χ0n) is 24.7. The standard InChI is InChI=1S/C38H44O2/c1-5-26-18-27(6-2)21-30(20-26)34-24-32(39)12-14-36(34)38(16-10-9-11-17-38)37-15-13-33(40)25-35(37)31-22-28(7-3)19-29(8-4)23-31/h12-15,18-25,39-40H,5-11,16-17H2,1-4H3. The summed E-state index contributed by atoms with van der Waals surface area (Å²) in [6, 6.07) is 25.9. The van der Waals surface area contributed by atoms with E-state index in [9.17, 15) is 10.2 Å². The molecule has 0 saturated heterocycles. The van der Waals surface area contributed by atoms with Gasteiger partial charge in [-0.2, -0.15) is 0 Å². The average Bonchev–Trinajstić information content (AvgIpc) is 3.00. The number of rotatable bonds is 8. The molecule has 0 aliphatic heterocycles. The second-order valence-electron chi connectivity index (χ2n) is 11.6. The quantitative estimate of drug-likeness (QED) is 0.237. The van der Waals surface area contributed by atoms with Crippen LogP contribution in [-0.4, -0.2) is 10.2 Å². The first-order valence-electron chi connectivity index (χ1n) is 15.3. The van der Waals surface area contributed by atoms with Gasteiger partial charge < -0.3 is 10.2 Å². The van der Waals surface area contributed by atoms with Gasteiger partial charge in [0.1, 0.15) is 11.5 Å². The van der Waals surface area contributed by atoms with Crippen LogP contribution in [0.1, 0.15) is 93.2 Å². The minimum atomic E-state index is -0.215. The van der Waals surface area contributed by atoms with Crippen LogP contribution in [0.3, 0.4) is 0 Å². The smallest absolute Gasteiger partial charge is 0.116 e.